The summed E-state index contributed by atoms with van der Waals surface area (Å²) in [6.07, 6.45) is 1.53. The third-order valence-electron chi connectivity index (χ3n) is 11.5. The van der Waals surface area contributed by atoms with E-state index in [9.17, 15) is 20.4 Å². The number of rotatable bonds is 6. The molecule has 0 amide bonds. The molecule has 0 bridgehead atoms. The summed E-state index contributed by atoms with van der Waals surface area (Å²) in [5, 5.41) is 42.0. The molecule has 1 saturated carbocycles. The van der Waals surface area contributed by atoms with Crippen molar-refractivity contribution in [1.29, 1.82) is 0 Å². The van der Waals surface area contributed by atoms with Crippen LogP contribution in [0.1, 0.15) is 84.0 Å². The van der Waals surface area contributed by atoms with E-state index in [-0.39, 0.29) is 70.6 Å². The molecule has 0 radical (unpaired) electrons. The molecule has 0 aromatic heterocycles. The Hall–Kier alpha value is -4.40. The molecule has 2 aliphatic heterocycles. The lowest BCUT2D eigenvalue weighted by atomic mass is 9.55. The normalized spacial score (nSPS) is 29.6. The predicted molar refractivity (Wildman–Crippen MR) is 181 cm³/mol. The zero-order valence-electron chi connectivity index (χ0n) is 28.0. The van der Waals surface area contributed by atoms with Gasteiger partial charge in [-0.2, -0.15) is 0 Å². The summed E-state index contributed by atoms with van der Waals surface area (Å²) in [4.78, 5) is 0. The number of fused-ring (bicyclic) bond motifs is 1. The fourth-order valence-electron chi connectivity index (χ4n) is 8.88. The summed E-state index contributed by atoms with van der Waals surface area (Å²) < 4.78 is 25.0. The monoisotopic (exact) mass is 652 g/mol. The minimum absolute atomic E-state index is 0.0695. The van der Waals surface area contributed by atoms with E-state index < -0.39 is 0 Å². The van der Waals surface area contributed by atoms with E-state index in [4.69, 9.17) is 18.9 Å². The number of ether oxygens (including phenoxy) is 4. The fourth-order valence-corrected chi connectivity index (χ4v) is 8.88. The quantitative estimate of drug-likeness (QED) is 0.164. The standard InChI is InChI=1S/C40H44O8/c1-21-16-24(6-10-30(21)41)36-23(3)40(39(48-36)27-9-13-34(45-4)33(44)18-27)15-14-28-29(20-40)38(26-8-12-32(43)35(19-26)46-5)47-37(28)25-7-11-31(42)22(2)17-25/h6-13,16-19,23,28-29,36-39,41-44H,14-15,20H2,1-5H3/t23?,28?,29?,36-,37-,38+,39-,40+/m0/s1. The highest BCUT2D eigenvalue weighted by atomic mass is 16.5. The average molecular weight is 653 g/mol. The zero-order valence-corrected chi connectivity index (χ0v) is 28.0. The molecule has 3 fully saturated rings. The van der Waals surface area contributed by atoms with Crippen LogP contribution < -0.4 is 9.47 Å². The van der Waals surface area contributed by atoms with E-state index >= 15 is 0 Å². The number of hydrogen-bond acceptors (Lipinski definition) is 8. The number of hydrogen-bond donors (Lipinski definition) is 4. The Morgan fingerprint density at radius 2 is 1.17 bits per heavy atom. The van der Waals surface area contributed by atoms with Gasteiger partial charge in [-0.3, -0.25) is 0 Å². The lowest BCUT2D eigenvalue weighted by Gasteiger charge is -2.47. The highest BCUT2D eigenvalue weighted by molar-refractivity contribution is 5.46. The van der Waals surface area contributed by atoms with Crippen LogP contribution in [0.2, 0.25) is 0 Å². The molecular formula is C40H44O8. The van der Waals surface area contributed by atoms with Crippen molar-refractivity contribution >= 4 is 0 Å². The number of aryl methyl sites for hydroxylation is 2. The van der Waals surface area contributed by atoms with Crippen LogP contribution in [0.25, 0.3) is 0 Å². The van der Waals surface area contributed by atoms with Gasteiger partial charge in [0.05, 0.1) is 38.6 Å². The summed E-state index contributed by atoms with van der Waals surface area (Å²) in [6.45, 7) is 6.07. The van der Waals surface area contributed by atoms with Crippen molar-refractivity contribution in [1.82, 2.24) is 0 Å². The van der Waals surface area contributed by atoms with Crippen molar-refractivity contribution in [3.05, 3.63) is 106 Å². The van der Waals surface area contributed by atoms with E-state index in [0.29, 0.717) is 11.5 Å². The molecule has 8 nitrogen and oxygen atoms in total. The first-order valence-electron chi connectivity index (χ1n) is 16.7. The first-order valence-corrected chi connectivity index (χ1v) is 16.7. The van der Waals surface area contributed by atoms with Crippen LogP contribution in [0.15, 0.2) is 72.8 Å². The number of phenolic OH excluding ortho intramolecular Hbond substituents is 4. The van der Waals surface area contributed by atoms with Gasteiger partial charge in [-0.05, 0) is 133 Å². The van der Waals surface area contributed by atoms with Gasteiger partial charge in [0.1, 0.15) is 11.5 Å². The summed E-state index contributed by atoms with van der Waals surface area (Å²) in [7, 11) is 3.09. The molecule has 2 heterocycles. The molecule has 252 valence electrons. The van der Waals surface area contributed by atoms with Gasteiger partial charge in [0.25, 0.3) is 0 Å². The minimum Gasteiger partial charge on any atom is -0.508 e. The van der Waals surface area contributed by atoms with E-state index in [1.165, 1.54) is 0 Å². The Morgan fingerprint density at radius 3 is 1.77 bits per heavy atom. The Labute approximate surface area is 281 Å². The van der Waals surface area contributed by atoms with Crippen molar-refractivity contribution in [3.63, 3.8) is 0 Å². The number of methoxy groups -OCH3 is 2. The second kappa shape index (κ2) is 12.2. The van der Waals surface area contributed by atoms with Crippen LogP contribution in [-0.2, 0) is 9.47 Å². The molecule has 2 saturated heterocycles. The van der Waals surface area contributed by atoms with E-state index in [2.05, 4.69) is 6.92 Å². The average Bonchev–Trinajstić information content (AvgIpc) is 3.59. The number of benzene rings is 4. The third kappa shape index (κ3) is 5.22. The molecule has 4 N–H and O–H groups in total. The van der Waals surface area contributed by atoms with Gasteiger partial charge in [0.15, 0.2) is 23.0 Å². The zero-order chi connectivity index (χ0) is 33.9. The Balaban J connectivity index is 1.34. The molecule has 7 rings (SSSR count). The maximum absolute atomic E-state index is 10.9. The lowest BCUT2D eigenvalue weighted by Crippen LogP contribution is -2.40. The first-order chi connectivity index (χ1) is 23.0. The SMILES string of the molecule is COc1ccc([C@@H]2O[C@H](c3ccc(O)c(C)c3)C(C)[C@]23CCC2C(C3)[C@@H](c3ccc(O)c(OC)c3)O[C@H]2c2ccc(O)c(C)c2)cc1O. The predicted octanol–water partition coefficient (Wildman–Crippen LogP) is 8.51. The van der Waals surface area contributed by atoms with Crippen molar-refractivity contribution in [2.45, 2.75) is 64.4 Å². The van der Waals surface area contributed by atoms with Gasteiger partial charge in [-0.1, -0.05) is 31.2 Å². The van der Waals surface area contributed by atoms with Crippen LogP contribution in [0.3, 0.4) is 0 Å². The Kier molecular flexibility index (Phi) is 8.20. The second-order valence-corrected chi connectivity index (χ2v) is 14.0. The third-order valence-corrected chi connectivity index (χ3v) is 11.5. The number of phenols is 4. The minimum atomic E-state index is -0.325. The molecule has 1 spiro atoms. The van der Waals surface area contributed by atoms with Gasteiger partial charge in [-0.15, -0.1) is 0 Å². The molecule has 3 unspecified atom stereocenters. The molecule has 8 heteroatoms. The van der Waals surface area contributed by atoms with Crippen molar-refractivity contribution < 1.29 is 39.4 Å². The molecule has 1 aliphatic carbocycles. The van der Waals surface area contributed by atoms with E-state index in [1.807, 2.05) is 56.3 Å². The fraction of sp³-hybridized carbons (Fsp3) is 0.400. The molecule has 4 aromatic rings. The molecule has 4 aromatic carbocycles. The Morgan fingerprint density at radius 1 is 0.604 bits per heavy atom. The molecular weight excluding hydrogens is 608 g/mol. The maximum Gasteiger partial charge on any atom is 0.160 e. The van der Waals surface area contributed by atoms with E-state index in [1.54, 1.807) is 44.6 Å². The second-order valence-electron chi connectivity index (χ2n) is 14.0. The van der Waals surface area contributed by atoms with Crippen molar-refractivity contribution in [2.24, 2.45) is 23.2 Å². The summed E-state index contributed by atoms with van der Waals surface area (Å²) in [5.74, 6) is 1.83. The Bertz CT molecular complexity index is 1840. The smallest absolute Gasteiger partial charge is 0.160 e. The summed E-state index contributed by atoms with van der Waals surface area (Å²) >= 11 is 0. The van der Waals surface area contributed by atoms with Crippen molar-refractivity contribution in [3.8, 4) is 34.5 Å². The summed E-state index contributed by atoms with van der Waals surface area (Å²) in [6, 6.07) is 22.4. The van der Waals surface area contributed by atoms with Crippen LogP contribution in [0, 0.1) is 37.0 Å². The van der Waals surface area contributed by atoms with Gasteiger partial charge in [0, 0.05) is 5.41 Å². The highest BCUT2D eigenvalue weighted by Crippen LogP contribution is 2.69. The van der Waals surface area contributed by atoms with E-state index in [0.717, 1.165) is 52.6 Å². The lowest BCUT2D eigenvalue weighted by molar-refractivity contribution is -0.0247. The summed E-state index contributed by atoms with van der Waals surface area (Å²) in [5.41, 5.74) is 5.16. The number of aromatic hydroxyl groups is 4. The van der Waals surface area contributed by atoms with Crippen LogP contribution >= 0.6 is 0 Å². The highest BCUT2D eigenvalue weighted by Gasteiger charge is 2.61. The van der Waals surface area contributed by atoms with Crippen LogP contribution in [0.5, 0.6) is 34.5 Å². The van der Waals surface area contributed by atoms with Gasteiger partial charge >= 0.3 is 0 Å². The van der Waals surface area contributed by atoms with Gasteiger partial charge in [-0.25, -0.2) is 0 Å². The molecule has 8 atom stereocenters. The van der Waals surface area contributed by atoms with Crippen LogP contribution in [0.4, 0.5) is 0 Å². The molecule has 3 aliphatic rings. The van der Waals surface area contributed by atoms with Crippen molar-refractivity contribution in [2.75, 3.05) is 14.2 Å². The van der Waals surface area contributed by atoms with Crippen LogP contribution in [-0.4, -0.2) is 34.6 Å². The maximum atomic E-state index is 10.9. The van der Waals surface area contributed by atoms with Gasteiger partial charge < -0.3 is 39.4 Å². The van der Waals surface area contributed by atoms with Gasteiger partial charge in [0.2, 0.25) is 0 Å². The first kappa shape index (κ1) is 32.2. The molecule has 48 heavy (non-hydrogen) atoms. The topological polar surface area (TPSA) is 118 Å². The largest absolute Gasteiger partial charge is 0.508 e.